The smallest absolute Gasteiger partial charge is 0.335 e. The number of phenols is 1. The van der Waals surface area contributed by atoms with E-state index < -0.39 is 23.9 Å². The normalized spacial score (nSPS) is 9.65. The molecule has 206 valence electrons. The first kappa shape index (κ1) is 30.5. The Balaban J connectivity index is 0.000000211. The van der Waals surface area contributed by atoms with Gasteiger partial charge >= 0.3 is 23.9 Å². The molecule has 4 aromatic carbocycles. The van der Waals surface area contributed by atoms with Crippen molar-refractivity contribution in [3.8, 4) is 5.75 Å². The Hall–Kier alpha value is -5.71. The first-order valence-electron chi connectivity index (χ1n) is 11.5. The van der Waals surface area contributed by atoms with Crippen LogP contribution in [0.25, 0.3) is 10.8 Å². The van der Waals surface area contributed by atoms with E-state index in [1.807, 2.05) is 6.07 Å². The van der Waals surface area contributed by atoms with Crippen LogP contribution in [0.4, 0.5) is 5.69 Å². The number of nitrogens with zero attached hydrogens (tertiary/aromatic N) is 1. The second kappa shape index (κ2) is 14.3. The number of benzene rings is 4. The van der Waals surface area contributed by atoms with E-state index in [1.165, 1.54) is 50.2 Å². The fourth-order valence-corrected chi connectivity index (χ4v) is 3.11. The fourth-order valence-electron chi connectivity index (χ4n) is 3.11. The summed E-state index contributed by atoms with van der Waals surface area (Å²) in [5, 5.41) is 37.5. The summed E-state index contributed by atoms with van der Waals surface area (Å²) in [6.07, 6.45) is 0. The van der Waals surface area contributed by atoms with Gasteiger partial charge in [0.1, 0.15) is 5.75 Å². The van der Waals surface area contributed by atoms with Crippen LogP contribution in [0, 0.1) is 0 Å². The van der Waals surface area contributed by atoms with Gasteiger partial charge in [-0.05, 0) is 71.4 Å². The van der Waals surface area contributed by atoms with Crippen molar-refractivity contribution in [2.75, 3.05) is 5.06 Å². The highest BCUT2D eigenvalue weighted by Crippen LogP contribution is 2.21. The molecular formula is C29H25NO10. The first-order chi connectivity index (χ1) is 18.9. The molecule has 0 aliphatic rings. The standard InChI is InChI=1S/C11H8O3.C10H11NO3.C8H6O4/c12-10-4-3-7-5-9(11(13)14)2-1-8(7)6-10;1-8(12)11(14-9(2)13)10-6-4-3-5-7-10;9-7(10)5-1-2-6(4-3-5)8(11)12/h1-6,12H,(H,13,14);3-7H,1-2H3;1-4H,(H,9,10)(H,11,12). The van der Waals surface area contributed by atoms with Crippen LogP contribution >= 0.6 is 0 Å². The number of aromatic hydroxyl groups is 1. The summed E-state index contributed by atoms with van der Waals surface area (Å²) in [4.78, 5) is 57.9. The van der Waals surface area contributed by atoms with Gasteiger partial charge in [0.15, 0.2) is 0 Å². The third kappa shape index (κ3) is 9.30. The van der Waals surface area contributed by atoms with Gasteiger partial charge in [-0.1, -0.05) is 30.3 Å². The number of phenolic OH excluding ortho intramolecular Hbond substituents is 1. The molecule has 0 aliphatic heterocycles. The highest BCUT2D eigenvalue weighted by Gasteiger charge is 2.14. The van der Waals surface area contributed by atoms with E-state index in [0.29, 0.717) is 5.69 Å². The molecule has 40 heavy (non-hydrogen) atoms. The van der Waals surface area contributed by atoms with E-state index in [2.05, 4.69) is 0 Å². The zero-order chi connectivity index (χ0) is 29.8. The monoisotopic (exact) mass is 547 g/mol. The third-order valence-corrected chi connectivity index (χ3v) is 4.95. The minimum atomic E-state index is -1.06. The second-order valence-corrected chi connectivity index (χ2v) is 7.97. The van der Waals surface area contributed by atoms with Crippen molar-refractivity contribution in [2.24, 2.45) is 0 Å². The molecule has 1 amide bonds. The predicted molar refractivity (Wildman–Crippen MR) is 144 cm³/mol. The molecule has 0 unspecified atom stereocenters. The fraction of sp³-hybridized carbons (Fsp3) is 0.0690. The van der Waals surface area contributed by atoms with Crippen molar-refractivity contribution < 1.29 is 49.2 Å². The summed E-state index contributed by atoms with van der Waals surface area (Å²) in [5.74, 6) is -3.75. The van der Waals surface area contributed by atoms with Crippen LogP contribution in [0.2, 0.25) is 0 Å². The molecule has 0 saturated heterocycles. The Kier molecular flexibility index (Phi) is 10.9. The third-order valence-electron chi connectivity index (χ3n) is 4.95. The summed E-state index contributed by atoms with van der Waals surface area (Å²) < 4.78 is 0. The molecule has 4 rings (SSSR count). The van der Waals surface area contributed by atoms with E-state index in [0.717, 1.165) is 15.8 Å². The largest absolute Gasteiger partial charge is 0.508 e. The Morgan fingerprint density at radius 2 is 1.05 bits per heavy atom. The summed E-state index contributed by atoms with van der Waals surface area (Å²) in [5.41, 5.74) is 0.957. The maximum Gasteiger partial charge on any atom is 0.335 e. The number of hydroxylamine groups is 1. The van der Waals surface area contributed by atoms with Gasteiger partial charge in [-0.3, -0.25) is 4.79 Å². The number of carbonyl (C=O) groups excluding carboxylic acids is 2. The number of amides is 1. The average molecular weight is 548 g/mol. The van der Waals surface area contributed by atoms with Crippen molar-refractivity contribution in [1.29, 1.82) is 0 Å². The van der Waals surface area contributed by atoms with Crippen LogP contribution in [-0.4, -0.2) is 50.2 Å². The number of carboxylic acid groups (broad SMARTS) is 3. The summed E-state index contributed by atoms with van der Waals surface area (Å²) in [6, 6.07) is 23.3. The number of fused-ring (bicyclic) bond motifs is 1. The van der Waals surface area contributed by atoms with Crippen LogP contribution in [0.15, 0.2) is 91.0 Å². The molecular weight excluding hydrogens is 522 g/mol. The zero-order valence-corrected chi connectivity index (χ0v) is 21.3. The summed E-state index contributed by atoms with van der Waals surface area (Å²) >= 11 is 0. The number of carboxylic acids is 3. The van der Waals surface area contributed by atoms with Gasteiger partial charge in [0, 0.05) is 13.8 Å². The molecule has 4 aromatic rings. The first-order valence-corrected chi connectivity index (χ1v) is 11.5. The highest BCUT2D eigenvalue weighted by atomic mass is 16.7. The molecule has 0 aliphatic carbocycles. The number of hydrogen-bond donors (Lipinski definition) is 4. The highest BCUT2D eigenvalue weighted by molar-refractivity contribution is 5.95. The van der Waals surface area contributed by atoms with Crippen LogP contribution in [0.3, 0.4) is 0 Å². The Bertz CT molecular complexity index is 1480. The van der Waals surface area contributed by atoms with Gasteiger partial charge in [0.05, 0.1) is 22.4 Å². The molecule has 0 aromatic heterocycles. The number of hydrogen-bond acceptors (Lipinski definition) is 7. The zero-order valence-electron chi connectivity index (χ0n) is 21.3. The lowest BCUT2D eigenvalue weighted by Crippen LogP contribution is -2.30. The average Bonchev–Trinajstić information content (AvgIpc) is 2.92. The topological polar surface area (TPSA) is 179 Å². The van der Waals surface area contributed by atoms with Crippen LogP contribution in [-0.2, 0) is 14.4 Å². The van der Waals surface area contributed by atoms with Gasteiger partial charge in [0.2, 0.25) is 0 Å². The van der Waals surface area contributed by atoms with E-state index in [-0.39, 0.29) is 28.3 Å². The van der Waals surface area contributed by atoms with E-state index in [4.69, 9.17) is 20.2 Å². The minimum absolute atomic E-state index is 0.0833. The summed E-state index contributed by atoms with van der Waals surface area (Å²) in [6.45, 7) is 2.58. The van der Waals surface area contributed by atoms with E-state index >= 15 is 0 Å². The van der Waals surface area contributed by atoms with Gasteiger partial charge < -0.3 is 25.3 Å². The van der Waals surface area contributed by atoms with Crippen molar-refractivity contribution in [3.05, 3.63) is 108 Å². The molecule has 0 bridgehead atoms. The van der Waals surface area contributed by atoms with Gasteiger partial charge in [-0.15, -0.1) is 5.06 Å². The van der Waals surface area contributed by atoms with Gasteiger partial charge in [-0.25, -0.2) is 19.2 Å². The number of aromatic carboxylic acids is 3. The minimum Gasteiger partial charge on any atom is -0.508 e. The maximum absolute atomic E-state index is 11.1. The maximum atomic E-state index is 11.1. The molecule has 0 radical (unpaired) electrons. The van der Waals surface area contributed by atoms with Crippen molar-refractivity contribution >= 4 is 46.2 Å². The predicted octanol–water partition coefficient (Wildman–Crippen LogP) is 4.84. The molecule has 0 fully saturated rings. The SMILES string of the molecule is CC(=O)ON(C(C)=O)c1ccccc1.O=C(O)c1ccc(C(=O)O)cc1.O=C(O)c1ccc2cc(O)ccc2c1. The molecule has 0 atom stereocenters. The lowest BCUT2D eigenvalue weighted by atomic mass is 10.1. The number of para-hydroxylation sites is 1. The van der Waals surface area contributed by atoms with Gasteiger partial charge in [-0.2, -0.15) is 0 Å². The molecule has 0 heterocycles. The molecule has 4 N–H and O–H groups in total. The lowest BCUT2D eigenvalue weighted by molar-refractivity contribution is -0.147. The number of anilines is 1. The molecule has 11 heteroatoms. The van der Waals surface area contributed by atoms with Crippen LogP contribution < -0.4 is 5.06 Å². The Morgan fingerprint density at radius 3 is 1.50 bits per heavy atom. The molecule has 0 saturated carbocycles. The van der Waals surface area contributed by atoms with Crippen molar-refractivity contribution in [1.82, 2.24) is 0 Å². The molecule has 0 spiro atoms. The number of rotatable bonds is 4. The number of carbonyl (C=O) groups is 5. The van der Waals surface area contributed by atoms with Crippen LogP contribution in [0.5, 0.6) is 5.75 Å². The van der Waals surface area contributed by atoms with E-state index in [1.54, 1.807) is 48.5 Å². The van der Waals surface area contributed by atoms with Crippen molar-refractivity contribution in [2.45, 2.75) is 13.8 Å². The lowest BCUT2D eigenvalue weighted by Gasteiger charge is -2.18. The molecule has 11 nitrogen and oxygen atoms in total. The van der Waals surface area contributed by atoms with Crippen molar-refractivity contribution in [3.63, 3.8) is 0 Å². The van der Waals surface area contributed by atoms with Gasteiger partial charge in [0.25, 0.3) is 5.91 Å². The second-order valence-electron chi connectivity index (χ2n) is 7.97. The Morgan fingerprint density at radius 1 is 0.600 bits per heavy atom. The van der Waals surface area contributed by atoms with E-state index in [9.17, 15) is 29.1 Å². The quantitative estimate of drug-likeness (QED) is 0.258. The Labute approximate surface area is 228 Å². The van der Waals surface area contributed by atoms with Crippen LogP contribution in [0.1, 0.15) is 44.9 Å². The summed E-state index contributed by atoms with van der Waals surface area (Å²) in [7, 11) is 0.